The van der Waals surface area contributed by atoms with Crippen molar-refractivity contribution in [2.45, 2.75) is 5.25 Å². The lowest BCUT2D eigenvalue weighted by atomic mass is 10.1. The minimum Gasteiger partial charge on any atom is -0.285 e. The summed E-state index contributed by atoms with van der Waals surface area (Å²) >= 11 is 0. The van der Waals surface area contributed by atoms with E-state index in [1.54, 1.807) is 18.2 Å². The van der Waals surface area contributed by atoms with E-state index in [2.05, 4.69) is 0 Å². The summed E-state index contributed by atoms with van der Waals surface area (Å²) in [6.07, 6.45) is 1.26. The van der Waals surface area contributed by atoms with Crippen molar-refractivity contribution in [1.82, 2.24) is 0 Å². The first kappa shape index (κ1) is 11.3. The van der Waals surface area contributed by atoms with Crippen LogP contribution in [0.25, 0.3) is 6.08 Å². The topological polar surface area (TPSA) is 88.5 Å². The normalized spacial score (nSPS) is 19.1. The van der Waals surface area contributed by atoms with Crippen LogP contribution in [0, 0.1) is 0 Å². The molecule has 1 aromatic carbocycles. The van der Waals surface area contributed by atoms with E-state index in [1.165, 1.54) is 12.1 Å². The molecule has 1 aliphatic rings. The van der Waals surface area contributed by atoms with Crippen molar-refractivity contribution in [3.8, 4) is 0 Å². The first-order valence-corrected chi connectivity index (χ1v) is 7.00. The van der Waals surface area contributed by atoms with E-state index >= 15 is 0 Å². The van der Waals surface area contributed by atoms with Crippen molar-refractivity contribution in [2.75, 3.05) is 0 Å². The molecule has 0 heterocycles. The van der Waals surface area contributed by atoms with Crippen LogP contribution in [0.15, 0.2) is 29.6 Å². The standard InChI is InChI=1S/C9H7O5PS/c10-15(11)8-5-6-3-1-2-4-7(6)9(8)16(12,13)14/h1-5,9H,(H,12,13,14). The molecule has 7 heteroatoms. The lowest BCUT2D eigenvalue weighted by molar-refractivity contribution is 0.474. The Kier molecular flexibility index (Phi) is 2.58. The highest BCUT2D eigenvalue weighted by Crippen LogP contribution is 2.46. The number of rotatable bonds is 2. The van der Waals surface area contributed by atoms with Gasteiger partial charge in [0.05, 0.1) is 5.31 Å². The summed E-state index contributed by atoms with van der Waals surface area (Å²) in [7, 11) is -7.49. The lowest BCUT2D eigenvalue weighted by Crippen LogP contribution is -2.10. The first-order chi connectivity index (χ1) is 7.41. The Hall–Kier alpha value is -1.23. The van der Waals surface area contributed by atoms with Gasteiger partial charge in [-0.1, -0.05) is 24.3 Å². The van der Waals surface area contributed by atoms with Gasteiger partial charge >= 0.3 is 7.68 Å². The number of hydrogen-bond donors (Lipinski definition) is 1. The fraction of sp³-hybridized carbons (Fsp3) is 0.111. The van der Waals surface area contributed by atoms with Gasteiger partial charge in [-0.15, -0.1) is 0 Å². The third-order valence-electron chi connectivity index (χ3n) is 2.36. The average Bonchev–Trinajstić information content (AvgIpc) is 2.55. The Bertz CT molecular complexity index is 634. The van der Waals surface area contributed by atoms with E-state index in [0.29, 0.717) is 11.1 Å². The Labute approximate surface area is 92.4 Å². The van der Waals surface area contributed by atoms with Crippen molar-refractivity contribution >= 4 is 23.9 Å². The summed E-state index contributed by atoms with van der Waals surface area (Å²) in [4.78, 5) is 0. The second-order valence-electron chi connectivity index (χ2n) is 3.35. The van der Waals surface area contributed by atoms with Crippen LogP contribution < -0.4 is 0 Å². The second kappa shape index (κ2) is 3.66. The predicted molar refractivity (Wildman–Crippen MR) is 57.0 cm³/mol. The zero-order valence-corrected chi connectivity index (χ0v) is 9.61. The van der Waals surface area contributed by atoms with Gasteiger partial charge in [-0.05, 0) is 17.2 Å². The summed E-state index contributed by atoms with van der Waals surface area (Å²) in [5, 5.41) is -1.77. The molecule has 1 aromatic rings. The average molecular weight is 258 g/mol. The van der Waals surface area contributed by atoms with Gasteiger partial charge in [-0.3, -0.25) is 4.55 Å². The molecule has 0 aliphatic heterocycles. The molecule has 0 fully saturated rings. The maximum atomic E-state index is 11.2. The van der Waals surface area contributed by atoms with Crippen molar-refractivity contribution in [2.24, 2.45) is 0 Å². The summed E-state index contributed by atoms with van der Waals surface area (Å²) in [6.45, 7) is 0. The van der Waals surface area contributed by atoms with Crippen LogP contribution in [0.4, 0.5) is 0 Å². The van der Waals surface area contributed by atoms with Crippen molar-refractivity contribution in [1.29, 1.82) is 0 Å². The van der Waals surface area contributed by atoms with Gasteiger partial charge in [0.25, 0.3) is 10.1 Å². The molecule has 0 saturated carbocycles. The quantitative estimate of drug-likeness (QED) is 0.648. The largest absolute Gasteiger partial charge is 0.346 e. The van der Waals surface area contributed by atoms with E-state index in [4.69, 9.17) is 4.55 Å². The van der Waals surface area contributed by atoms with Crippen molar-refractivity contribution < 1.29 is 22.1 Å². The fourth-order valence-electron chi connectivity index (χ4n) is 1.74. The van der Waals surface area contributed by atoms with E-state index in [-0.39, 0.29) is 5.31 Å². The third kappa shape index (κ3) is 1.75. The monoisotopic (exact) mass is 258 g/mol. The molecule has 0 spiro atoms. The number of hydrogen-bond acceptors (Lipinski definition) is 4. The molecular weight excluding hydrogens is 251 g/mol. The third-order valence-corrected chi connectivity index (χ3v) is 4.45. The molecule has 0 amide bonds. The Morgan fingerprint density at radius 2 is 1.81 bits per heavy atom. The summed E-state index contributed by atoms with van der Waals surface area (Å²) in [5.41, 5.74) is 0.790. The van der Waals surface area contributed by atoms with E-state index in [0.717, 1.165) is 0 Å². The smallest absolute Gasteiger partial charge is 0.285 e. The molecule has 0 saturated heterocycles. The molecule has 5 nitrogen and oxygen atoms in total. The highest BCUT2D eigenvalue weighted by atomic mass is 32.2. The van der Waals surface area contributed by atoms with Gasteiger partial charge in [0.1, 0.15) is 5.25 Å². The van der Waals surface area contributed by atoms with Gasteiger partial charge in [0, 0.05) is 0 Å². The molecule has 1 unspecified atom stereocenters. The molecule has 1 aliphatic carbocycles. The molecule has 0 aromatic heterocycles. The minimum absolute atomic E-state index is 0.291. The Morgan fingerprint density at radius 1 is 1.19 bits per heavy atom. The van der Waals surface area contributed by atoms with Crippen LogP contribution in [0.2, 0.25) is 0 Å². The maximum absolute atomic E-state index is 11.2. The van der Waals surface area contributed by atoms with Gasteiger partial charge in [-0.25, -0.2) is 9.13 Å². The van der Waals surface area contributed by atoms with Gasteiger partial charge in [0.15, 0.2) is 0 Å². The molecule has 1 N–H and O–H groups in total. The highest BCUT2D eigenvalue weighted by Gasteiger charge is 2.37. The molecule has 1 atom stereocenters. The lowest BCUT2D eigenvalue weighted by Gasteiger charge is -2.08. The van der Waals surface area contributed by atoms with Crippen LogP contribution in [0.5, 0.6) is 0 Å². The van der Waals surface area contributed by atoms with Crippen LogP contribution in [0.1, 0.15) is 16.4 Å². The molecule has 84 valence electrons. The zero-order valence-electron chi connectivity index (χ0n) is 7.90. The highest BCUT2D eigenvalue weighted by molar-refractivity contribution is 7.86. The van der Waals surface area contributed by atoms with Gasteiger partial charge in [-0.2, -0.15) is 8.42 Å². The minimum atomic E-state index is -4.46. The molecule has 2 rings (SSSR count). The van der Waals surface area contributed by atoms with Crippen LogP contribution in [0.3, 0.4) is 0 Å². The van der Waals surface area contributed by atoms with E-state index in [1.807, 2.05) is 0 Å². The van der Waals surface area contributed by atoms with Crippen LogP contribution in [-0.2, 0) is 19.2 Å². The Morgan fingerprint density at radius 3 is 2.38 bits per heavy atom. The van der Waals surface area contributed by atoms with Gasteiger partial charge < -0.3 is 0 Å². The summed E-state index contributed by atoms with van der Waals surface area (Å²) in [5.74, 6) is 0. The van der Waals surface area contributed by atoms with E-state index < -0.39 is 23.0 Å². The van der Waals surface area contributed by atoms with Crippen LogP contribution >= 0.6 is 7.68 Å². The molecule has 0 bridgehead atoms. The van der Waals surface area contributed by atoms with Crippen molar-refractivity contribution in [3.05, 3.63) is 40.7 Å². The molecule has 16 heavy (non-hydrogen) atoms. The fourth-order valence-corrected chi connectivity index (χ4v) is 3.88. The molecule has 0 radical (unpaired) electrons. The second-order valence-corrected chi connectivity index (χ2v) is 5.88. The van der Waals surface area contributed by atoms with Gasteiger partial charge in [0.2, 0.25) is 0 Å². The van der Waals surface area contributed by atoms with Crippen LogP contribution in [-0.4, -0.2) is 13.0 Å². The zero-order chi connectivity index (χ0) is 11.9. The summed E-state index contributed by atoms with van der Waals surface area (Å²) in [6, 6.07) is 6.33. The Balaban J connectivity index is 2.71. The van der Waals surface area contributed by atoms with Crippen molar-refractivity contribution in [3.63, 3.8) is 0 Å². The number of fused-ring (bicyclic) bond motifs is 1. The predicted octanol–water partition coefficient (Wildman–Crippen LogP) is 2.14. The first-order valence-electron chi connectivity index (χ1n) is 4.32. The number of benzene rings is 1. The maximum Gasteiger partial charge on any atom is 0.346 e. The SMILES string of the molecule is O=P(=O)C1=Cc2ccccc2C1S(=O)(=O)O. The summed E-state index contributed by atoms with van der Waals surface area (Å²) < 4.78 is 53.2. The molecular formula is C9H7O5PS. The van der Waals surface area contributed by atoms with E-state index in [9.17, 15) is 17.5 Å².